The van der Waals surface area contributed by atoms with E-state index in [9.17, 15) is 0 Å². The molecule has 0 N–H and O–H groups in total. The van der Waals surface area contributed by atoms with Crippen molar-refractivity contribution in [1.82, 2.24) is 4.98 Å². The lowest BCUT2D eigenvalue weighted by Crippen LogP contribution is -1.97. The average molecular weight is 312 g/mol. The summed E-state index contributed by atoms with van der Waals surface area (Å²) in [5, 5.41) is 2.00. The van der Waals surface area contributed by atoms with Gasteiger partial charge in [0.15, 0.2) is 0 Å². The number of hydrogen-bond acceptors (Lipinski definition) is 3. The van der Waals surface area contributed by atoms with Gasteiger partial charge in [-0.1, -0.05) is 19.9 Å². The van der Waals surface area contributed by atoms with Gasteiger partial charge >= 0.3 is 0 Å². The Kier molecular flexibility index (Phi) is 4.18. The van der Waals surface area contributed by atoms with Crippen LogP contribution in [0.15, 0.2) is 33.6 Å². The van der Waals surface area contributed by atoms with Gasteiger partial charge in [-0.25, -0.2) is 4.98 Å². The summed E-state index contributed by atoms with van der Waals surface area (Å²) < 4.78 is 6.71. The number of thiazole rings is 1. The zero-order chi connectivity index (χ0) is 12.3. The minimum Gasteiger partial charge on any atom is -0.486 e. The summed E-state index contributed by atoms with van der Waals surface area (Å²) >= 11 is 5.12. The van der Waals surface area contributed by atoms with Crippen LogP contribution in [-0.2, 0) is 6.61 Å². The molecule has 17 heavy (non-hydrogen) atoms. The fraction of sp³-hybridized carbons (Fsp3) is 0.308. The smallest absolute Gasteiger partial charge is 0.134 e. The summed E-state index contributed by atoms with van der Waals surface area (Å²) in [6, 6.07) is 6.22. The highest BCUT2D eigenvalue weighted by molar-refractivity contribution is 9.10. The molecule has 0 unspecified atom stereocenters. The molecule has 0 radical (unpaired) electrons. The van der Waals surface area contributed by atoms with Gasteiger partial charge in [0.2, 0.25) is 0 Å². The topological polar surface area (TPSA) is 22.1 Å². The standard InChI is InChI=1S/C13H14BrNOS/c1-9(2)10-3-4-13(12(14)5-10)16-6-11-7-17-8-15-11/h3-5,7-9H,6H2,1-2H3. The fourth-order valence-electron chi connectivity index (χ4n) is 1.45. The quantitative estimate of drug-likeness (QED) is 0.822. The molecule has 0 aliphatic heterocycles. The van der Waals surface area contributed by atoms with Gasteiger partial charge in [0.1, 0.15) is 12.4 Å². The molecule has 2 nitrogen and oxygen atoms in total. The van der Waals surface area contributed by atoms with Crippen molar-refractivity contribution in [2.24, 2.45) is 0 Å². The van der Waals surface area contributed by atoms with Crippen molar-refractivity contribution in [3.63, 3.8) is 0 Å². The van der Waals surface area contributed by atoms with Gasteiger partial charge in [-0.05, 0) is 39.5 Å². The predicted molar refractivity (Wildman–Crippen MR) is 74.7 cm³/mol. The highest BCUT2D eigenvalue weighted by Gasteiger charge is 2.06. The van der Waals surface area contributed by atoms with Crippen molar-refractivity contribution in [2.45, 2.75) is 26.4 Å². The molecule has 0 atom stereocenters. The number of halogens is 1. The number of ether oxygens (including phenoxy) is 1. The normalized spacial score (nSPS) is 10.8. The molecule has 0 bridgehead atoms. The summed E-state index contributed by atoms with van der Waals surface area (Å²) in [6.07, 6.45) is 0. The van der Waals surface area contributed by atoms with Crippen LogP contribution in [-0.4, -0.2) is 4.98 Å². The highest BCUT2D eigenvalue weighted by Crippen LogP contribution is 2.29. The molecule has 2 rings (SSSR count). The third-order valence-corrected chi connectivity index (χ3v) is 3.74. The molecule has 0 aliphatic carbocycles. The van der Waals surface area contributed by atoms with Crippen molar-refractivity contribution >= 4 is 27.3 Å². The minimum absolute atomic E-state index is 0.517. The zero-order valence-electron chi connectivity index (χ0n) is 9.81. The van der Waals surface area contributed by atoms with Gasteiger partial charge in [-0.3, -0.25) is 0 Å². The summed E-state index contributed by atoms with van der Waals surface area (Å²) in [5.74, 6) is 1.39. The van der Waals surface area contributed by atoms with Crippen molar-refractivity contribution in [1.29, 1.82) is 0 Å². The lowest BCUT2D eigenvalue weighted by atomic mass is 10.0. The van der Waals surface area contributed by atoms with E-state index in [-0.39, 0.29) is 0 Å². The van der Waals surface area contributed by atoms with Gasteiger partial charge in [0.25, 0.3) is 0 Å². The van der Waals surface area contributed by atoms with Crippen LogP contribution in [0, 0.1) is 0 Å². The van der Waals surface area contributed by atoms with E-state index < -0.39 is 0 Å². The van der Waals surface area contributed by atoms with E-state index in [0.29, 0.717) is 12.5 Å². The molecular weight excluding hydrogens is 298 g/mol. The fourth-order valence-corrected chi connectivity index (χ4v) is 2.51. The molecule has 0 spiro atoms. The molecule has 0 saturated carbocycles. The molecular formula is C13H14BrNOS. The van der Waals surface area contributed by atoms with E-state index >= 15 is 0 Å². The van der Waals surface area contributed by atoms with Crippen molar-refractivity contribution in [2.75, 3.05) is 0 Å². The lowest BCUT2D eigenvalue weighted by Gasteiger charge is -2.10. The van der Waals surface area contributed by atoms with Crippen LogP contribution in [0.4, 0.5) is 0 Å². The minimum atomic E-state index is 0.517. The van der Waals surface area contributed by atoms with Gasteiger partial charge in [0.05, 0.1) is 15.7 Å². The number of hydrogen-bond donors (Lipinski definition) is 0. The Morgan fingerprint density at radius 3 is 2.82 bits per heavy atom. The SMILES string of the molecule is CC(C)c1ccc(OCc2cscn2)c(Br)c1. The van der Waals surface area contributed by atoms with E-state index in [1.165, 1.54) is 5.56 Å². The Balaban J connectivity index is 2.06. The van der Waals surface area contributed by atoms with E-state index in [0.717, 1.165) is 15.9 Å². The van der Waals surface area contributed by atoms with Gasteiger partial charge in [0, 0.05) is 5.38 Å². The first-order chi connectivity index (χ1) is 8.16. The molecule has 0 aliphatic rings. The maximum Gasteiger partial charge on any atom is 0.134 e. The second kappa shape index (κ2) is 5.65. The second-order valence-electron chi connectivity index (χ2n) is 4.11. The van der Waals surface area contributed by atoms with Crippen LogP contribution >= 0.6 is 27.3 Å². The summed E-state index contributed by atoms with van der Waals surface area (Å²) in [5.41, 5.74) is 4.09. The molecule has 4 heteroatoms. The largest absolute Gasteiger partial charge is 0.486 e. The van der Waals surface area contributed by atoms with Crippen LogP contribution < -0.4 is 4.74 Å². The molecule has 0 fully saturated rings. The predicted octanol–water partition coefficient (Wildman–Crippen LogP) is 4.61. The molecule has 1 heterocycles. The van der Waals surface area contributed by atoms with Crippen molar-refractivity contribution in [3.05, 3.63) is 44.8 Å². The molecule has 90 valence electrons. The monoisotopic (exact) mass is 311 g/mol. The second-order valence-corrected chi connectivity index (χ2v) is 5.69. The van der Waals surface area contributed by atoms with Crippen molar-refractivity contribution in [3.8, 4) is 5.75 Å². The summed E-state index contributed by atoms with van der Waals surface area (Å²) in [7, 11) is 0. The van der Waals surface area contributed by atoms with Gasteiger partial charge in [-0.15, -0.1) is 11.3 Å². The molecule has 2 aromatic rings. The van der Waals surface area contributed by atoms with Crippen molar-refractivity contribution < 1.29 is 4.74 Å². The number of aromatic nitrogens is 1. The molecule has 0 amide bonds. The van der Waals surface area contributed by atoms with E-state index in [1.807, 2.05) is 17.0 Å². The van der Waals surface area contributed by atoms with E-state index in [1.54, 1.807) is 11.3 Å². The average Bonchev–Trinajstić information content (AvgIpc) is 2.80. The maximum absolute atomic E-state index is 5.71. The first-order valence-electron chi connectivity index (χ1n) is 5.46. The number of rotatable bonds is 4. The Morgan fingerprint density at radius 1 is 1.41 bits per heavy atom. The Bertz CT molecular complexity index is 482. The zero-order valence-corrected chi connectivity index (χ0v) is 12.2. The van der Waals surface area contributed by atoms with Gasteiger partial charge < -0.3 is 4.74 Å². The summed E-state index contributed by atoms with van der Waals surface area (Å²) in [6.45, 7) is 4.87. The van der Waals surface area contributed by atoms with Crippen LogP contribution in [0.3, 0.4) is 0 Å². The number of benzene rings is 1. The molecule has 0 saturated heterocycles. The Morgan fingerprint density at radius 2 is 2.24 bits per heavy atom. The van der Waals surface area contributed by atoms with Crippen LogP contribution in [0.1, 0.15) is 31.0 Å². The van der Waals surface area contributed by atoms with Crippen LogP contribution in [0.2, 0.25) is 0 Å². The maximum atomic E-state index is 5.71. The third-order valence-electron chi connectivity index (χ3n) is 2.48. The Labute approximate surface area is 114 Å². The number of nitrogens with zero attached hydrogens (tertiary/aromatic N) is 1. The van der Waals surface area contributed by atoms with E-state index in [2.05, 4.69) is 46.9 Å². The van der Waals surface area contributed by atoms with Crippen LogP contribution in [0.5, 0.6) is 5.75 Å². The summed E-state index contributed by atoms with van der Waals surface area (Å²) in [4.78, 5) is 4.18. The molecule has 1 aromatic carbocycles. The molecule has 1 aromatic heterocycles. The Hall–Kier alpha value is -0.870. The van der Waals surface area contributed by atoms with Crippen LogP contribution in [0.25, 0.3) is 0 Å². The third kappa shape index (κ3) is 3.30. The van der Waals surface area contributed by atoms with E-state index in [4.69, 9.17) is 4.74 Å². The van der Waals surface area contributed by atoms with Gasteiger partial charge in [-0.2, -0.15) is 0 Å². The lowest BCUT2D eigenvalue weighted by molar-refractivity contribution is 0.300. The highest BCUT2D eigenvalue weighted by atomic mass is 79.9. The first kappa shape index (κ1) is 12.6. The first-order valence-corrected chi connectivity index (χ1v) is 7.19.